The predicted molar refractivity (Wildman–Crippen MR) is 46.9 cm³/mol. The molecule has 0 saturated heterocycles. The Morgan fingerprint density at radius 2 is 2.42 bits per heavy atom. The summed E-state index contributed by atoms with van der Waals surface area (Å²) in [6.07, 6.45) is 6.50. The van der Waals surface area contributed by atoms with E-state index in [4.69, 9.17) is 0 Å². The third kappa shape index (κ3) is 2.19. The van der Waals surface area contributed by atoms with Crippen LogP contribution in [-0.2, 0) is 0 Å². The minimum absolute atomic E-state index is 0.127. The second-order valence-corrected chi connectivity index (χ2v) is 3.08. The van der Waals surface area contributed by atoms with Crippen molar-refractivity contribution in [3.05, 3.63) is 18.7 Å². The van der Waals surface area contributed by atoms with Gasteiger partial charge in [0, 0.05) is 18.8 Å². The van der Waals surface area contributed by atoms with Crippen molar-refractivity contribution in [3.63, 3.8) is 0 Å². The van der Waals surface area contributed by atoms with Gasteiger partial charge in [-0.1, -0.05) is 20.3 Å². The van der Waals surface area contributed by atoms with E-state index < -0.39 is 0 Å². The maximum Gasteiger partial charge on any atom is 0.232 e. The largest absolute Gasteiger partial charge is 0.276 e. The Morgan fingerprint density at radius 1 is 1.67 bits per heavy atom. The molecule has 0 unspecified atom stereocenters. The topological polar surface area (TPSA) is 34.9 Å². The van der Waals surface area contributed by atoms with Crippen LogP contribution >= 0.6 is 0 Å². The zero-order valence-corrected chi connectivity index (χ0v) is 7.53. The molecule has 0 bridgehead atoms. The van der Waals surface area contributed by atoms with Gasteiger partial charge in [0.05, 0.1) is 0 Å². The average molecular weight is 166 g/mol. The number of nitrogens with zero attached hydrogens (tertiary/aromatic N) is 2. The third-order valence-corrected chi connectivity index (χ3v) is 2.01. The summed E-state index contributed by atoms with van der Waals surface area (Å²) < 4.78 is 1.53. The lowest BCUT2D eigenvalue weighted by Crippen LogP contribution is -2.11. The van der Waals surface area contributed by atoms with Gasteiger partial charge in [0.15, 0.2) is 0 Å². The molecule has 0 aliphatic heterocycles. The standard InChI is InChI=1S/C9H14N2O/c1-3-8(2)6-9(12)11-5-4-10-7-11/h4-5,7-8H,3,6H2,1-2H3/t8-/m1/s1. The van der Waals surface area contributed by atoms with Crippen molar-refractivity contribution in [2.24, 2.45) is 5.92 Å². The fourth-order valence-corrected chi connectivity index (χ4v) is 0.954. The summed E-state index contributed by atoms with van der Waals surface area (Å²) in [5.74, 6) is 0.585. The first-order valence-corrected chi connectivity index (χ1v) is 4.25. The minimum atomic E-state index is 0.127. The molecule has 0 saturated carbocycles. The molecule has 0 aliphatic carbocycles. The summed E-state index contributed by atoms with van der Waals surface area (Å²) in [6.45, 7) is 4.17. The molecule has 3 nitrogen and oxygen atoms in total. The summed E-state index contributed by atoms with van der Waals surface area (Å²) in [5.41, 5.74) is 0. The van der Waals surface area contributed by atoms with Crippen molar-refractivity contribution in [2.45, 2.75) is 26.7 Å². The van der Waals surface area contributed by atoms with E-state index in [1.165, 1.54) is 4.57 Å². The lowest BCUT2D eigenvalue weighted by atomic mass is 10.1. The van der Waals surface area contributed by atoms with Gasteiger partial charge in [-0.05, 0) is 5.92 Å². The van der Waals surface area contributed by atoms with Crippen molar-refractivity contribution in [1.82, 2.24) is 9.55 Å². The Kier molecular flexibility index (Phi) is 3.02. The quantitative estimate of drug-likeness (QED) is 0.688. The summed E-state index contributed by atoms with van der Waals surface area (Å²) >= 11 is 0. The molecule has 1 aromatic rings. The molecular weight excluding hydrogens is 152 g/mol. The monoisotopic (exact) mass is 166 g/mol. The molecule has 12 heavy (non-hydrogen) atoms. The van der Waals surface area contributed by atoms with Crippen LogP contribution in [0, 0.1) is 5.92 Å². The van der Waals surface area contributed by atoms with Gasteiger partial charge in [-0.25, -0.2) is 4.98 Å². The summed E-state index contributed by atoms with van der Waals surface area (Å²) in [4.78, 5) is 15.2. The molecule has 0 spiro atoms. The number of aromatic nitrogens is 2. The minimum Gasteiger partial charge on any atom is -0.276 e. The number of carbonyl (C=O) groups excluding carboxylic acids is 1. The van der Waals surface area contributed by atoms with Gasteiger partial charge in [-0.3, -0.25) is 9.36 Å². The van der Waals surface area contributed by atoms with Crippen LogP contribution < -0.4 is 0 Å². The number of rotatable bonds is 3. The highest BCUT2D eigenvalue weighted by Crippen LogP contribution is 2.07. The normalized spacial score (nSPS) is 12.8. The molecule has 1 aromatic heterocycles. The van der Waals surface area contributed by atoms with E-state index in [2.05, 4.69) is 18.8 Å². The van der Waals surface area contributed by atoms with Gasteiger partial charge < -0.3 is 0 Å². The van der Waals surface area contributed by atoms with Crippen molar-refractivity contribution < 1.29 is 4.79 Å². The SMILES string of the molecule is CC[C@@H](C)CC(=O)n1ccnc1. The Balaban J connectivity index is 2.50. The fraction of sp³-hybridized carbons (Fsp3) is 0.556. The number of carbonyl (C=O) groups is 1. The van der Waals surface area contributed by atoms with Crippen LogP contribution in [0.1, 0.15) is 31.5 Å². The first-order chi connectivity index (χ1) is 5.74. The first-order valence-electron chi connectivity index (χ1n) is 4.25. The van der Waals surface area contributed by atoms with Gasteiger partial charge in [-0.15, -0.1) is 0 Å². The second kappa shape index (κ2) is 4.04. The molecule has 1 rings (SSSR count). The lowest BCUT2D eigenvalue weighted by molar-refractivity contribution is 0.0882. The van der Waals surface area contributed by atoms with Gasteiger partial charge in [0.1, 0.15) is 6.33 Å². The molecule has 1 heterocycles. The zero-order chi connectivity index (χ0) is 8.97. The molecule has 0 aliphatic rings. The van der Waals surface area contributed by atoms with E-state index >= 15 is 0 Å². The Labute approximate surface area is 72.4 Å². The van der Waals surface area contributed by atoms with E-state index in [1.54, 1.807) is 18.7 Å². The zero-order valence-electron chi connectivity index (χ0n) is 7.53. The first kappa shape index (κ1) is 8.97. The van der Waals surface area contributed by atoms with Crippen molar-refractivity contribution in [2.75, 3.05) is 0 Å². The highest BCUT2D eigenvalue weighted by Gasteiger charge is 2.07. The summed E-state index contributed by atoms with van der Waals surface area (Å²) in [7, 11) is 0. The molecule has 0 amide bonds. The van der Waals surface area contributed by atoms with Crippen LogP contribution in [0.15, 0.2) is 18.7 Å². The third-order valence-electron chi connectivity index (χ3n) is 2.01. The maximum absolute atomic E-state index is 11.4. The van der Waals surface area contributed by atoms with E-state index in [9.17, 15) is 4.79 Å². The molecule has 66 valence electrons. The lowest BCUT2D eigenvalue weighted by Gasteiger charge is -2.06. The second-order valence-electron chi connectivity index (χ2n) is 3.08. The highest BCUT2D eigenvalue weighted by molar-refractivity contribution is 5.78. The summed E-state index contributed by atoms with van der Waals surface area (Å²) in [6, 6.07) is 0. The van der Waals surface area contributed by atoms with Gasteiger partial charge in [-0.2, -0.15) is 0 Å². The van der Waals surface area contributed by atoms with Crippen LogP contribution in [0.5, 0.6) is 0 Å². The van der Waals surface area contributed by atoms with Gasteiger partial charge in [0.2, 0.25) is 5.91 Å². The smallest absolute Gasteiger partial charge is 0.232 e. The number of hydrogen-bond acceptors (Lipinski definition) is 2. The predicted octanol–water partition coefficient (Wildman–Crippen LogP) is 1.96. The average Bonchev–Trinajstić information content (AvgIpc) is 2.56. The molecule has 0 N–H and O–H groups in total. The van der Waals surface area contributed by atoms with Crippen molar-refractivity contribution in [1.29, 1.82) is 0 Å². The fourth-order valence-electron chi connectivity index (χ4n) is 0.954. The molecule has 0 aromatic carbocycles. The van der Waals surface area contributed by atoms with Crippen LogP contribution in [0.4, 0.5) is 0 Å². The Hall–Kier alpha value is -1.12. The van der Waals surface area contributed by atoms with E-state index in [1.807, 2.05) is 0 Å². The van der Waals surface area contributed by atoms with Crippen molar-refractivity contribution >= 4 is 5.91 Å². The number of hydrogen-bond donors (Lipinski definition) is 0. The molecule has 3 heteroatoms. The van der Waals surface area contributed by atoms with Crippen molar-refractivity contribution in [3.8, 4) is 0 Å². The van der Waals surface area contributed by atoms with Crippen LogP contribution in [0.25, 0.3) is 0 Å². The van der Waals surface area contributed by atoms with Gasteiger partial charge >= 0.3 is 0 Å². The van der Waals surface area contributed by atoms with Crippen LogP contribution in [0.2, 0.25) is 0 Å². The van der Waals surface area contributed by atoms with E-state index in [0.29, 0.717) is 12.3 Å². The highest BCUT2D eigenvalue weighted by atomic mass is 16.2. The van der Waals surface area contributed by atoms with Gasteiger partial charge in [0.25, 0.3) is 0 Å². The number of imidazole rings is 1. The Bertz CT molecular complexity index is 241. The molecule has 0 fully saturated rings. The molecule has 1 atom stereocenters. The van der Waals surface area contributed by atoms with E-state index in [0.717, 1.165) is 6.42 Å². The molecular formula is C9H14N2O. The van der Waals surface area contributed by atoms with E-state index in [-0.39, 0.29) is 5.91 Å². The maximum atomic E-state index is 11.4. The molecule has 0 radical (unpaired) electrons. The summed E-state index contributed by atoms with van der Waals surface area (Å²) in [5, 5.41) is 0. The van der Waals surface area contributed by atoms with Crippen LogP contribution in [-0.4, -0.2) is 15.5 Å². The Morgan fingerprint density at radius 3 is 2.92 bits per heavy atom. The van der Waals surface area contributed by atoms with Crippen LogP contribution in [0.3, 0.4) is 0 Å².